The molecular weight excluding hydrogens is 280 g/mol. The van der Waals surface area contributed by atoms with Crippen LogP contribution in [0.4, 0.5) is 0 Å². The first-order valence-corrected chi connectivity index (χ1v) is 7.20. The molecule has 1 aromatic rings. The average Bonchev–Trinajstić information content (AvgIpc) is 2.75. The summed E-state index contributed by atoms with van der Waals surface area (Å²) in [6.45, 7) is 2.57. The number of hydrogen-bond donors (Lipinski definition) is 0. The molecule has 1 unspecified atom stereocenters. The van der Waals surface area contributed by atoms with Crippen molar-refractivity contribution in [3.8, 4) is 11.5 Å². The Morgan fingerprint density at radius 1 is 1.18 bits per heavy atom. The van der Waals surface area contributed by atoms with E-state index < -0.39 is 0 Å². The minimum absolute atomic E-state index is 0.363. The monoisotopic (exact) mass is 298 g/mol. The van der Waals surface area contributed by atoms with Gasteiger partial charge in [-0.25, -0.2) is 0 Å². The van der Waals surface area contributed by atoms with E-state index >= 15 is 0 Å². The van der Waals surface area contributed by atoms with Crippen molar-refractivity contribution in [1.82, 2.24) is 0 Å². The molecule has 0 spiro atoms. The van der Waals surface area contributed by atoms with Crippen LogP contribution >= 0.6 is 15.9 Å². The Kier molecular flexibility index (Phi) is 4.72. The van der Waals surface area contributed by atoms with Gasteiger partial charge in [0.05, 0.1) is 0 Å². The van der Waals surface area contributed by atoms with Gasteiger partial charge < -0.3 is 9.47 Å². The van der Waals surface area contributed by atoms with E-state index in [9.17, 15) is 0 Å². The van der Waals surface area contributed by atoms with E-state index in [1.165, 1.54) is 31.2 Å². The second-order valence-corrected chi connectivity index (χ2v) is 6.13. The number of ether oxygens (including phenoxy) is 2. The second-order valence-electron chi connectivity index (χ2n) is 4.57. The Morgan fingerprint density at radius 2 is 2.00 bits per heavy atom. The van der Waals surface area contributed by atoms with Crippen LogP contribution in [0.15, 0.2) is 18.2 Å². The van der Waals surface area contributed by atoms with Crippen molar-refractivity contribution < 1.29 is 9.47 Å². The molecule has 94 valence electrons. The predicted octanol–water partition coefficient (Wildman–Crippen LogP) is 4.30. The molecule has 0 fully saturated rings. The first-order chi connectivity index (χ1) is 8.25. The standard InChI is InChI=1S/C14H19BrO2/c1-11(15)5-3-2-4-6-12-7-8-13-14(9-12)17-10-16-13/h7-9,11H,2-6,10H2,1H3. The number of fused-ring (bicyclic) bond motifs is 1. The maximum atomic E-state index is 5.37. The highest BCUT2D eigenvalue weighted by Gasteiger charge is 2.12. The van der Waals surface area contributed by atoms with Crippen LogP contribution in [0.5, 0.6) is 11.5 Å². The number of aryl methyl sites for hydroxylation is 1. The van der Waals surface area contributed by atoms with Crippen molar-refractivity contribution in [1.29, 1.82) is 0 Å². The molecule has 0 aromatic heterocycles. The number of unbranched alkanes of at least 4 members (excludes halogenated alkanes) is 2. The van der Waals surface area contributed by atoms with Crippen LogP contribution in [0.2, 0.25) is 0 Å². The molecular formula is C14H19BrO2. The Bertz CT molecular complexity index is 363. The number of halogens is 1. The fourth-order valence-electron chi connectivity index (χ4n) is 2.03. The molecule has 0 amide bonds. The first-order valence-electron chi connectivity index (χ1n) is 6.28. The third kappa shape index (κ3) is 3.91. The van der Waals surface area contributed by atoms with Gasteiger partial charge in [-0.1, -0.05) is 41.8 Å². The van der Waals surface area contributed by atoms with Gasteiger partial charge in [-0.2, -0.15) is 0 Å². The van der Waals surface area contributed by atoms with Crippen LogP contribution in [0.1, 0.15) is 38.2 Å². The van der Waals surface area contributed by atoms with Crippen molar-refractivity contribution in [3.63, 3.8) is 0 Å². The fourth-order valence-corrected chi connectivity index (χ4v) is 2.35. The number of hydrogen-bond acceptors (Lipinski definition) is 2. The van der Waals surface area contributed by atoms with Crippen LogP contribution in [0.25, 0.3) is 0 Å². The summed E-state index contributed by atoms with van der Waals surface area (Å²) in [6, 6.07) is 6.26. The van der Waals surface area contributed by atoms with Crippen LogP contribution in [-0.4, -0.2) is 11.6 Å². The van der Waals surface area contributed by atoms with Gasteiger partial charge in [-0.15, -0.1) is 0 Å². The third-order valence-electron chi connectivity index (χ3n) is 3.00. The molecule has 1 aromatic carbocycles. The lowest BCUT2D eigenvalue weighted by atomic mass is 10.1. The first kappa shape index (κ1) is 12.7. The molecule has 3 heteroatoms. The third-order valence-corrected chi connectivity index (χ3v) is 3.46. The van der Waals surface area contributed by atoms with Gasteiger partial charge in [0, 0.05) is 4.83 Å². The largest absolute Gasteiger partial charge is 0.454 e. The molecule has 1 atom stereocenters. The van der Waals surface area contributed by atoms with Gasteiger partial charge in [-0.3, -0.25) is 0 Å². The quantitative estimate of drug-likeness (QED) is 0.576. The van der Waals surface area contributed by atoms with Gasteiger partial charge in [0.1, 0.15) is 0 Å². The molecule has 0 N–H and O–H groups in total. The zero-order valence-electron chi connectivity index (χ0n) is 10.2. The second kappa shape index (κ2) is 6.29. The smallest absolute Gasteiger partial charge is 0.231 e. The van der Waals surface area contributed by atoms with E-state index in [1.807, 2.05) is 6.07 Å². The average molecular weight is 299 g/mol. The number of benzene rings is 1. The summed E-state index contributed by atoms with van der Waals surface area (Å²) in [5, 5.41) is 0. The van der Waals surface area contributed by atoms with Crippen LogP contribution in [0, 0.1) is 0 Å². The predicted molar refractivity (Wildman–Crippen MR) is 73.1 cm³/mol. The summed E-state index contributed by atoms with van der Waals surface area (Å²) in [4.78, 5) is 0.646. The fraction of sp³-hybridized carbons (Fsp3) is 0.571. The summed E-state index contributed by atoms with van der Waals surface area (Å²) in [7, 11) is 0. The Balaban J connectivity index is 1.72. The van der Waals surface area contributed by atoms with Crippen molar-refractivity contribution in [2.45, 2.75) is 43.9 Å². The lowest BCUT2D eigenvalue weighted by molar-refractivity contribution is 0.174. The van der Waals surface area contributed by atoms with Crippen molar-refractivity contribution >= 4 is 15.9 Å². The van der Waals surface area contributed by atoms with Crippen LogP contribution in [-0.2, 0) is 6.42 Å². The zero-order chi connectivity index (χ0) is 12.1. The highest BCUT2D eigenvalue weighted by molar-refractivity contribution is 9.09. The Hall–Kier alpha value is -0.700. The molecule has 0 radical (unpaired) electrons. The Morgan fingerprint density at radius 3 is 2.82 bits per heavy atom. The van der Waals surface area contributed by atoms with E-state index in [-0.39, 0.29) is 0 Å². The van der Waals surface area contributed by atoms with Gasteiger partial charge >= 0.3 is 0 Å². The van der Waals surface area contributed by atoms with E-state index in [1.54, 1.807) is 0 Å². The molecule has 1 aliphatic heterocycles. The molecule has 1 aliphatic rings. The maximum Gasteiger partial charge on any atom is 0.231 e. The van der Waals surface area contributed by atoms with E-state index in [4.69, 9.17) is 9.47 Å². The maximum absolute atomic E-state index is 5.37. The molecule has 0 saturated carbocycles. The van der Waals surface area contributed by atoms with E-state index in [0.29, 0.717) is 11.6 Å². The van der Waals surface area contributed by atoms with Gasteiger partial charge in [0.25, 0.3) is 0 Å². The normalized spacial score (nSPS) is 14.9. The SMILES string of the molecule is CC(Br)CCCCCc1ccc2c(c1)OCO2. The zero-order valence-corrected chi connectivity index (χ0v) is 11.8. The van der Waals surface area contributed by atoms with Crippen LogP contribution < -0.4 is 9.47 Å². The molecule has 2 rings (SSSR count). The van der Waals surface area contributed by atoms with E-state index in [0.717, 1.165) is 17.9 Å². The molecule has 17 heavy (non-hydrogen) atoms. The minimum Gasteiger partial charge on any atom is -0.454 e. The highest BCUT2D eigenvalue weighted by Crippen LogP contribution is 2.32. The van der Waals surface area contributed by atoms with Crippen molar-refractivity contribution in [2.24, 2.45) is 0 Å². The summed E-state index contributed by atoms with van der Waals surface area (Å²) in [5.41, 5.74) is 1.35. The van der Waals surface area contributed by atoms with Crippen molar-refractivity contribution in [2.75, 3.05) is 6.79 Å². The number of rotatable bonds is 6. The molecule has 2 nitrogen and oxygen atoms in total. The summed E-state index contributed by atoms with van der Waals surface area (Å²) in [5.74, 6) is 1.78. The highest BCUT2D eigenvalue weighted by atomic mass is 79.9. The topological polar surface area (TPSA) is 18.5 Å². The summed E-state index contributed by atoms with van der Waals surface area (Å²) < 4.78 is 10.7. The van der Waals surface area contributed by atoms with Crippen LogP contribution in [0.3, 0.4) is 0 Å². The van der Waals surface area contributed by atoms with Gasteiger partial charge in [-0.05, 0) is 37.0 Å². The molecule has 0 bridgehead atoms. The minimum atomic E-state index is 0.363. The lowest BCUT2D eigenvalue weighted by Gasteiger charge is -2.04. The van der Waals surface area contributed by atoms with Gasteiger partial charge in [0.15, 0.2) is 11.5 Å². The van der Waals surface area contributed by atoms with E-state index in [2.05, 4.69) is 35.0 Å². The number of alkyl halides is 1. The van der Waals surface area contributed by atoms with Gasteiger partial charge in [0.2, 0.25) is 6.79 Å². The molecule has 1 heterocycles. The summed E-state index contributed by atoms with van der Waals surface area (Å²) >= 11 is 3.57. The van der Waals surface area contributed by atoms with Crippen molar-refractivity contribution in [3.05, 3.63) is 23.8 Å². The summed E-state index contributed by atoms with van der Waals surface area (Å²) in [6.07, 6.45) is 6.25. The molecule has 0 aliphatic carbocycles. The molecule has 0 saturated heterocycles. The Labute approximate surface area is 111 Å². The lowest BCUT2D eigenvalue weighted by Crippen LogP contribution is -1.93.